The van der Waals surface area contributed by atoms with Gasteiger partial charge in [-0.2, -0.15) is 5.26 Å². The van der Waals surface area contributed by atoms with Crippen molar-refractivity contribution in [2.75, 3.05) is 5.73 Å². The Labute approximate surface area is 110 Å². The number of anilines is 1. The van der Waals surface area contributed by atoms with Crippen molar-refractivity contribution in [2.24, 2.45) is 0 Å². The summed E-state index contributed by atoms with van der Waals surface area (Å²) >= 11 is 0. The molecule has 3 rings (SSSR count). The van der Waals surface area contributed by atoms with Crippen molar-refractivity contribution in [3.8, 4) is 17.5 Å². The molecule has 1 aromatic carbocycles. The van der Waals surface area contributed by atoms with Gasteiger partial charge in [0.15, 0.2) is 5.69 Å². The van der Waals surface area contributed by atoms with E-state index in [2.05, 4.69) is 11.1 Å². The van der Waals surface area contributed by atoms with E-state index in [1.165, 1.54) is 0 Å². The number of pyridine rings is 1. The van der Waals surface area contributed by atoms with Gasteiger partial charge in [-0.1, -0.05) is 24.3 Å². The fraction of sp³-hybridized carbons (Fsp3) is 0.0667. The molecule has 0 atom stereocenters. The lowest BCUT2D eigenvalue weighted by molar-refractivity contribution is 1.16. The molecule has 19 heavy (non-hydrogen) atoms. The molecule has 0 aliphatic rings. The zero-order chi connectivity index (χ0) is 13.4. The average molecular weight is 248 g/mol. The van der Waals surface area contributed by atoms with Crippen molar-refractivity contribution in [1.82, 2.24) is 9.38 Å². The Balaban J connectivity index is 2.39. The molecule has 0 bridgehead atoms. The summed E-state index contributed by atoms with van der Waals surface area (Å²) in [5.41, 5.74) is 9.78. The number of rotatable bonds is 1. The number of aryl methyl sites for hydroxylation is 1. The molecule has 92 valence electrons. The first-order valence-electron chi connectivity index (χ1n) is 5.94. The van der Waals surface area contributed by atoms with Crippen molar-refractivity contribution in [2.45, 2.75) is 6.92 Å². The molecule has 0 saturated carbocycles. The van der Waals surface area contributed by atoms with Crippen LogP contribution in [0.5, 0.6) is 0 Å². The normalized spacial score (nSPS) is 10.5. The second-order valence-corrected chi connectivity index (χ2v) is 4.43. The summed E-state index contributed by atoms with van der Waals surface area (Å²) in [4.78, 5) is 4.43. The maximum atomic E-state index is 9.18. The van der Waals surface area contributed by atoms with Crippen molar-refractivity contribution in [1.29, 1.82) is 5.26 Å². The third-order valence-electron chi connectivity index (χ3n) is 3.15. The minimum absolute atomic E-state index is 0.415. The molecule has 0 amide bonds. The fourth-order valence-electron chi connectivity index (χ4n) is 2.20. The zero-order valence-electron chi connectivity index (χ0n) is 10.5. The van der Waals surface area contributed by atoms with Crippen LogP contribution in [0.15, 0.2) is 42.6 Å². The van der Waals surface area contributed by atoms with Crippen LogP contribution < -0.4 is 5.73 Å². The molecule has 0 spiro atoms. The highest BCUT2D eigenvalue weighted by atomic mass is 15.0. The SMILES string of the molecule is Cc1ccccc1-c1nc(C#N)c2ccc(N)cn12. The predicted octanol–water partition coefficient (Wildman–Crippen LogP) is 2.76. The molecule has 3 aromatic rings. The maximum Gasteiger partial charge on any atom is 0.166 e. The van der Waals surface area contributed by atoms with Crippen molar-refractivity contribution in [3.05, 3.63) is 53.9 Å². The molecule has 0 saturated heterocycles. The third kappa shape index (κ3) is 1.72. The van der Waals surface area contributed by atoms with Gasteiger partial charge in [0.2, 0.25) is 0 Å². The van der Waals surface area contributed by atoms with Gasteiger partial charge in [0.1, 0.15) is 11.9 Å². The quantitative estimate of drug-likeness (QED) is 0.720. The van der Waals surface area contributed by atoms with E-state index in [4.69, 9.17) is 5.73 Å². The summed E-state index contributed by atoms with van der Waals surface area (Å²) in [7, 11) is 0. The summed E-state index contributed by atoms with van der Waals surface area (Å²) in [6.07, 6.45) is 1.80. The number of imidazole rings is 1. The number of nitrogens with two attached hydrogens (primary N) is 1. The van der Waals surface area contributed by atoms with E-state index in [1.54, 1.807) is 12.3 Å². The number of hydrogen-bond donors (Lipinski definition) is 1. The highest BCUT2D eigenvalue weighted by molar-refractivity contribution is 5.71. The van der Waals surface area contributed by atoms with Crippen LogP contribution in [0.2, 0.25) is 0 Å². The van der Waals surface area contributed by atoms with Crippen molar-refractivity contribution in [3.63, 3.8) is 0 Å². The average Bonchev–Trinajstić information content (AvgIpc) is 2.77. The van der Waals surface area contributed by atoms with E-state index in [0.717, 1.165) is 22.5 Å². The van der Waals surface area contributed by atoms with Crippen LogP contribution >= 0.6 is 0 Å². The van der Waals surface area contributed by atoms with Gasteiger partial charge in [-0.25, -0.2) is 4.98 Å². The lowest BCUT2D eigenvalue weighted by Crippen LogP contribution is -1.94. The Morgan fingerprint density at radius 1 is 1.21 bits per heavy atom. The maximum absolute atomic E-state index is 9.18. The molecule has 4 heteroatoms. The number of nitrogen functional groups attached to an aromatic ring is 1. The first-order chi connectivity index (χ1) is 9.20. The molecule has 0 aliphatic heterocycles. The monoisotopic (exact) mass is 248 g/mol. The lowest BCUT2D eigenvalue weighted by atomic mass is 10.1. The van der Waals surface area contributed by atoms with E-state index in [0.29, 0.717) is 11.4 Å². The first kappa shape index (κ1) is 11.3. The number of benzene rings is 1. The number of aromatic nitrogens is 2. The minimum atomic E-state index is 0.415. The standard InChI is InChI=1S/C15H12N4/c1-10-4-2-3-5-12(10)15-18-13(8-16)14-7-6-11(17)9-19(14)15/h2-7,9H,17H2,1H3. The fourth-order valence-corrected chi connectivity index (χ4v) is 2.20. The summed E-state index contributed by atoms with van der Waals surface area (Å²) in [5, 5.41) is 9.18. The number of hydrogen-bond acceptors (Lipinski definition) is 3. The minimum Gasteiger partial charge on any atom is -0.398 e. The predicted molar refractivity (Wildman–Crippen MR) is 74.5 cm³/mol. The van der Waals surface area contributed by atoms with E-state index >= 15 is 0 Å². The first-order valence-corrected chi connectivity index (χ1v) is 5.94. The lowest BCUT2D eigenvalue weighted by Gasteiger charge is -2.05. The zero-order valence-corrected chi connectivity index (χ0v) is 10.5. The molecular weight excluding hydrogens is 236 g/mol. The van der Waals surface area contributed by atoms with E-state index in [1.807, 2.05) is 41.7 Å². The molecule has 0 fully saturated rings. The van der Waals surface area contributed by atoms with Gasteiger partial charge in [0.25, 0.3) is 0 Å². The van der Waals surface area contributed by atoms with Gasteiger partial charge in [-0.3, -0.25) is 4.40 Å². The van der Waals surface area contributed by atoms with E-state index in [-0.39, 0.29) is 0 Å². The summed E-state index contributed by atoms with van der Waals surface area (Å²) in [6.45, 7) is 2.02. The third-order valence-corrected chi connectivity index (χ3v) is 3.15. The van der Waals surface area contributed by atoms with Crippen LogP contribution in [0.25, 0.3) is 16.9 Å². The Kier molecular flexibility index (Phi) is 2.46. The molecule has 4 nitrogen and oxygen atoms in total. The highest BCUT2D eigenvalue weighted by Crippen LogP contribution is 2.26. The number of fused-ring (bicyclic) bond motifs is 1. The molecule has 2 aromatic heterocycles. The van der Waals surface area contributed by atoms with Crippen LogP contribution in [0.1, 0.15) is 11.3 Å². The van der Waals surface area contributed by atoms with Gasteiger partial charge in [0, 0.05) is 17.4 Å². The molecule has 2 heterocycles. The summed E-state index contributed by atoms with van der Waals surface area (Å²) < 4.78 is 1.87. The molecule has 2 N–H and O–H groups in total. The van der Waals surface area contributed by atoms with Crippen LogP contribution in [-0.4, -0.2) is 9.38 Å². The summed E-state index contributed by atoms with van der Waals surface area (Å²) in [5.74, 6) is 0.747. The topological polar surface area (TPSA) is 67.1 Å². The van der Waals surface area contributed by atoms with E-state index < -0.39 is 0 Å². The summed E-state index contributed by atoms with van der Waals surface area (Å²) in [6, 6.07) is 13.7. The van der Waals surface area contributed by atoms with Gasteiger partial charge >= 0.3 is 0 Å². The molecular formula is C15H12N4. The molecule has 0 radical (unpaired) electrons. The second kappa shape index (κ2) is 4.14. The van der Waals surface area contributed by atoms with Crippen LogP contribution in [-0.2, 0) is 0 Å². The Hall–Kier alpha value is -2.80. The van der Waals surface area contributed by atoms with Gasteiger partial charge in [-0.15, -0.1) is 0 Å². The largest absolute Gasteiger partial charge is 0.398 e. The molecule has 0 aliphatic carbocycles. The Morgan fingerprint density at radius 3 is 2.74 bits per heavy atom. The molecule has 0 unspecified atom stereocenters. The van der Waals surface area contributed by atoms with Gasteiger partial charge in [0.05, 0.1) is 5.52 Å². The number of nitrogens with zero attached hydrogens (tertiary/aromatic N) is 3. The Morgan fingerprint density at radius 2 is 2.00 bits per heavy atom. The van der Waals surface area contributed by atoms with Gasteiger partial charge < -0.3 is 5.73 Å². The second-order valence-electron chi connectivity index (χ2n) is 4.43. The smallest absolute Gasteiger partial charge is 0.166 e. The highest BCUT2D eigenvalue weighted by Gasteiger charge is 2.13. The van der Waals surface area contributed by atoms with Crippen LogP contribution in [0.3, 0.4) is 0 Å². The van der Waals surface area contributed by atoms with Crippen LogP contribution in [0, 0.1) is 18.3 Å². The number of nitriles is 1. The van der Waals surface area contributed by atoms with Crippen LogP contribution in [0.4, 0.5) is 5.69 Å². The van der Waals surface area contributed by atoms with Gasteiger partial charge in [-0.05, 0) is 24.6 Å². The van der Waals surface area contributed by atoms with Crippen molar-refractivity contribution >= 4 is 11.2 Å². The van der Waals surface area contributed by atoms with E-state index in [9.17, 15) is 5.26 Å². The van der Waals surface area contributed by atoms with Crippen molar-refractivity contribution < 1.29 is 0 Å². The Bertz CT molecular complexity index is 809.